The molecule has 14 heavy (non-hydrogen) atoms. The molecule has 0 N–H and O–H groups in total. The predicted octanol–water partition coefficient (Wildman–Crippen LogP) is 1.57. The van der Waals surface area contributed by atoms with Crippen molar-refractivity contribution in [1.29, 1.82) is 0 Å². The van der Waals surface area contributed by atoms with Crippen molar-refractivity contribution in [2.24, 2.45) is 0 Å². The normalized spacial score (nSPS) is 16.3. The summed E-state index contributed by atoms with van der Waals surface area (Å²) in [5.41, 5.74) is 0.333. The highest BCUT2D eigenvalue weighted by atomic mass is 28.1. The fourth-order valence-corrected chi connectivity index (χ4v) is 4.30. The van der Waals surface area contributed by atoms with E-state index in [0.717, 1.165) is 16.8 Å². The average molecular weight is 217 g/mol. The van der Waals surface area contributed by atoms with Crippen LogP contribution in [0.25, 0.3) is 0 Å². The van der Waals surface area contributed by atoms with Crippen LogP contribution in [0.5, 0.6) is 0 Å². The quantitative estimate of drug-likeness (QED) is 0.526. The molecule has 2 nitrogen and oxygen atoms in total. The van der Waals surface area contributed by atoms with E-state index in [9.17, 15) is 0 Å². The molecule has 86 valence electrons. The maximum absolute atomic E-state index is 5.74. The summed E-state index contributed by atoms with van der Waals surface area (Å²) >= 11 is 0. The third-order valence-corrected chi connectivity index (χ3v) is 3.07. The lowest BCUT2D eigenvalue weighted by Gasteiger charge is -2.48. The maximum Gasteiger partial charge on any atom is 0.0876 e. The molecular formula is C11H27NOSi. The molecule has 0 amide bonds. The van der Waals surface area contributed by atoms with Crippen molar-refractivity contribution in [2.45, 2.75) is 65.4 Å². The average Bonchev–Trinajstić information content (AvgIpc) is 1.78. The molecule has 0 aromatic carbocycles. The lowest BCUT2D eigenvalue weighted by Crippen LogP contribution is -2.58. The summed E-state index contributed by atoms with van der Waals surface area (Å²) < 4.78 is 5.74. The Morgan fingerprint density at radius 2 is 1.43 bits per heavy atom. The van der Waals surface area contributed by atoms with Crippen LogP contribution in [0.2, 0.25) is 0 Å². The van der Waals surface area contributed by atoms with Gasteiger partial charge in [-0.2, -0.15) is 0 Å². The molecule has 0 heterocycles. The van der Waals surface area contributed by atoms with Crippen molar-refractivity contribution in [3.8, 4) is 0 Å². The van der Waals surface area contributed by atoms with Crippen LogP contribution in [0.4, 0.5) is 0 Å². The zero-order valence-corrected chi connectivity index (χ0v) is 13.1. The van der Waals surface area contributed by atoms with Crippen LogP contribution in [0, 0.1) is 0 Å². The van der Waals surface area contributed by atoms with E-state index in [2.05, 4.69) is 53.4 Å². The van der Waals surface area contributed by atoms with Crippen LogP contribution in [-0.4, -0.2) is 38.7 Å². The van der Waals surface area contributed by atoms with Gasteiger partial charge in [0.15, 0.2) is 0 Å². The Morgan fingerprint density at radius 3 is 1.64 bits per heavy atom. The van der Waals surface area contributed by atoms with E-state index < -0.39 is 0 Å². The van der Waals surface area contributed by atoms with Gasteiger partial charge in [-0.1, -0.05) is 0 Å². The number of hydrogen-bond donors (Lipinski definition) is 0. The minimum absolute atomic E-state index is 0.167. The van der Waals surface area contributed by atoms with Gasteiger partial charge >= 0.3 is 0 Å². The van der Waals surface area contributed by atoms with Gasteiger partial charge in [-0.15, -0.1) is 0 Å². The van der Waals surface area contributed by atoms with Crippen LogP contribution in [-0.2, 0) is 4.74 Å². The third kappa shape index (κ3) is 4.11. The molecule has 0 aliphatic carbocycles. The molecule has 3 heteroatoms. The third-order valence-electron chi connectivity index (χ3n) is 2.22. The largest absolute Gasteiger partial charge is 0.368 e. The molecular weight excluding hydrogens is 190 g/mol. The molecule has 1 atom stereocenters. The highest BCUT2D eigenvalue weighted by Crippen LogP contribution is 2.26. The van der Waals surface area contributed by atoms with Crippen LogP contribution in [0.1, 0.15) is 48.5 Å². The van der Waals surface area contributed by atoms with Gasteiger partial charge in [-0.05, 0) is 48.5 Å². The van der Waals surface area contributed by atoms with Gasteiger partial charge in [-0.25, -0.2) is 0 Å². The minimum Gasteiger partial charge on any atom is -0.368 e. The first-order valence-corrected chi connectivity index (χ1v) is 6.67. The second-order valence-electron chi connectivity index (χ2n) is 5.77. The summed E-state index contributed by atoms with van der Waals surface area (Å²) in [5.74, 6) is 0.306. The van der Waals surface area contributed by atoms with Crippen LogP contribution >= 0.6 is 0 Å². The molecule has 0 bridgehead atoms. The molecule has 0 aliphatic heterocycles. The molecule has 0 radical (unpaired) electrons. The Balaban J connectivity index is 4.74. The number of rotatable bonds is 3. The number of ether oxygens (including phenoxy) is 1. The Bertz CT molecular complexity index is 155. The molecule has 0 aliphatic rings. The molecule has 0 fully saturated rings. The van der Waals surface area contributed by atoms with E-state index in [1.54, 1.807) is 0 Å². The van der Waals surface area contributed by atoms with Crippen molar-refractivity contribution in [2.75, 3.05) is 6.61 Å². The minimum atomic E-state index is 0.167. The summed E-state index contributed by atoms with van der Waals surface area (Å²) in [6, 6.07) is 0. The molecule has 0 aromatic heterocycles. The first-order chi connectivity index (χ1) is 6.10. The highest BCUT2D eigenvalue weighted by molar-refractivity contribution is 6.10. The van der Waals surface area contributed by atoms with E-state index >= 15 is 0 Å². The summed E-state index contributed by atoms with van der Waals surface area (Å²) in [6.45, 7) is 16.4. The lowest BCUT2D eigenvalue weighted by atomic mass is 9.97. The predicted molar refractivity (Wildman–Crippen MR) is 66.7 cm³/mol. The first kappa shape index (κ1) is 14.1. The number of nitrogens with zero attached hydrogens (tertiary/aromatic N) is 1. The van der Waals surface area contributed by atoms with Crippen molar-refractivity contribution >= 4 is 10.2 Å². The first-order valence-electron chi connectivity index (χ1n) is 5.51. The van der Waals surface area contributed by atoms with Crippen LogP contribution < -0.4 is 0 Å². The highest BCUT2D eigenvalue weighted by Gasteiger charge is 2.35. The monoisotopic (exact) mass is 217 g/mol. The molecule has 0 spiro atoms. The smallest absolute Gasteiger partial charge is 0.0876 e. The van der Waals surface area contributed by atoms with Crippen molar-refractivity contribution in [3.63, 3.8) is 0 Å². The molecule has 1 unspecified atom stereocenters. The molecule has 0 saturated heterocycles. The Labute approximate surface area is 92.4 Å². The van der Waals surface area contributed by atoms with Gasteiger partial charge in [0, 0.05) is 17.7 Å². The zero-order valence-electron chi connectivity index (χ0n) is 11.1. The van der Waals surface area contributed by atoms with E-state index in [-0.39, 0.29) is 11.1 Å². The zero-order chi connectivity index (χ0) is 11.6. The SMILES string of the molecule is CCOC([SiH3])N(C(C)(C)C)C(C)(C)C. The van der Waals surface area contributed by atoms with E-state index in [0.29, 0.717) is 5.85 Å². The van der Waals surface area contributed by atoms with Gasteiger partial charge in [0.1, 0.15) is 0 Å². The Morgan fingerprint density at radius 1 is 1.07 bits per heavy atom. The van der Waals surface area contributed by atoms with Gasteiger partial charge < -0.3 is 4.74 Å². The molecule has 0 rings (SSSR count). The topological polar surface area (TPSA) is 12.5 Å². The van der Waals surface area contributed by atoms with Gasteiger partial charge in [0.25, 0.3) is 0 Å². The lowest BCUT2D eigenvalue weighted by molar-refractivity contribution is -0.0924. The van der Waals surface area contributed by atoms with Gasteiger partial charge in [-0.3, -0.25) is 4.90 Å². The van der Waals surface area contributed by atoms with Crippen LogP contribution in [0.3, 0.4) is 0 Å². The Hall–Kier alpha value is 0.137. The second kappa shape index (κ2) is 4.77. The molecule has 0 aromatic rings. The maximum atomic E-state index is 5.74. The fraction of sp³-hybridized carbons (Fsp3) is 1.00. The standard InChI is InChI=1S/C11H27NOSi/c1-8-13-9(14)12(10(2,3)4)11(5,6)7/h9H,8H2,1-7,14H3. The van der Waals surface area contributed by atoms with E-state index in [1.165, 1.54) is 0 Å². The summed E-state index contributed by atoms with van der Waals surface area (Å²) in [5, 5.41) is 0. The second-order valence-corrected chi connectivity index (χ2v) is 6.75. The summed E-state index contributed by atoms with van der Waals surface area (Å²) in [7, 11) is 1.05. The number of hydrogen-bond acceptors (Lipinski definition) is 2. The van der Waals surface area contributed by atoms with Gasteiger partial charge in [0.05, 0.1) is 16.1 Å². The molecule has 0 saturated carbocycles. The Kier molecular flexibility index (Phi) is 4.82. The van der Waals surface area contributed by atoms with E-state index in [4.69, 9.17) is 4.74 Å². The summed E-state index contributed by atoms with van der Waals surface area (Å²) in [4.78, 5) is 2.47. The fourth-order valence-electron chi connectivity index (χ4n) is 2.41. The van der Waals surface area contributed by atoms with Crippen LogP contribution in [0.15, 0.2) is 0 Å². The van der Waals surface area contributed by atoms with E-state index in [1.807, 2.05) is 0 Å². The summed E-state index contributed by atoms with van der Waals surface area (Å²) in [6.07, 6.45) is 0. The van der Waals surface area contributed by atoms with Crippen molar-refractivity contribution < 1.29 is 4.74 Å². The van der Waals surface area contributed by atoms with Crippen molar-refractivity contribution in [1.82, 2.24) is 4.90 Å². The van der Waals surface area contributed by atoms with Crippen molar-refractivity contribution in [3.05, 3.63) is 0 Å². The van der Waals surface area contributed by atoms with Gasteiger partial charge in [0.2, 0.25) is 0 Å².